The van der Waals surface area contributed by atoms with Gasteiger partial charge in [0.25, 0.3) is 0 Å². The van der Waals surface area contributed by atoms with Gasteiger partial charge in [0.05, 0.1) is 0 Å². The first-order valence-corrected chi connectivity index (χ1v) is 7.43. The Kier molecular flexibility index (Phi) is 4.94. The molecule has 1 heterocycles. The van der Waals surface area contributed by atoms with E-state index >= 15 is 0 Å². The van der Waals surface area contributed by atoms with Gasteiger partial charge in [-0.1, -0.05) is 24.3 Å². The second-order valence-corrected chi connectivity index (χ2v) is 6.11. The minimum atomic E-state index is -4.08. The molecule has 0 radical (unpaired) electrons. The Morgan fingerprint density at radius 2 is 1.81 bits per heavy atom. The predicted octanol–water partition coefficient (Wildman–Crippen LogP) is 3.49. The fourth-order valence-electron chi connectivity index (χ4n) is 3.02. The highest BCUT2D eigenvalue weighted by Crippen LogP contribution is 2.30. The number of halogens is 3. The first-order valence-electron chi connectivity index (χ1n) is 7.43. The van der Waals surface area contributed by atoms with Gasteiger partial charge in [-0.2, -0.15) is 13.2 Å². The molecule has 2 nitrogen and oxygen atoms in total. The number of nitrogens with zero attached hydrogens (tertiary/aromatic N) is 1. The highest BCUT2D eigenvalue weighted by Gasteiger charge is 2.34. The van der Waals surface area contributed by atoms with Crippen molar-refractivity contribution in [1.82, 2.24) is 4.90 Å². The van der Waals surface area contributed by atoms with E-state index in [1.54, 1.807) is 0 Å². The molecule has 0 saturated heterocycles. The van der Waals surface area contributed by atoms with Crippen LogP contribution in [0.15, 0.2) is 24.3 Å². The molecule has 0 saturated carbocycles. The van der Waals surface area contributed by atoms with Crippen LogP contribution in [0, 0.1) is 0 Å². The highest BCUT2D eigenvalue weighted by atomic mass is 19.4. The summed E-state index contributed by atoms with van der Waals surface area (Å²) in [5.74, 6) is 0. The van der Waals surface area contributed by atoms with Gasteiger partial charge in [0.15, 0.2) is 0 Å². The molecule has 0 spiro atoms. The Morgan fingerprint density at radius 3 is 2.43 bits per heavy atom. The first kappa shape index (κ1) is 16.3. The van der Waals surface area contributed by atoms with Crippen molar-refractivity contribution < 1.29 is 13.2 Å². The van der Waals surface area contributed by atoms with Crippen LogP contribution in [-0.4, -0.2) is 29.7 Å². The van der Waals surface area contributed by atoms with Crippen molar-refractivity contribution in [2.24, 2.45) is 5.73 Å². The summed E-state index contributed by atoms with van der Waals surface area (Å²) in [5.41, 5.74) is 8.12. The molecule has 0 aromatic heterocycles. The van der Waals surface area contributed by atoms with Crippen molar-refractivity contribution in [3.63, 3.8) is 0 Å². The SMILES string of the molecule is CC(CN)(CCCC(F)(F)F)N1CCc2ccccc2C1. The number of hydrogen-bond acceptors (Lipinski definition) is 2. The van der Waals surface area contributed by atoms with Crippen LogP contribution in [0.1, 0.15) is 37.3 Å². The molecule has 1 unspecified atom stereocenters. The minimum Gasteiger partial charge on any atom is -0.329 e. The zero-order valence-corrected chi connectivity index (χ0v) is 12.4. The molecular weight excluding hydrogens is 277 g/mol. The topological polar surface area (TPSA) is 29.3 Å². The number of hydrogen-bond donors (Lipinski definition) is 1. The summed E-state index contributed by atoms with van der Waals surface area (Å²) >= 11 is 0. The van der Waals surface area contributed by atoms with E-state index in [1.165, 1.54) is 11.1 Å². The molecule has 2 N–H and O–H groups in total. The molecule has 1 aromatic carbocycles. The van der Waals surface area contributed by atoms with Gasteiger partial charge in [-0.15, -0.1) is 0 Å². The average Bonchev–Trinajstić information content (AvgIpc) is 2.45. The Hall–Kier alpha value is -1.07. The van der Waals surface area contributed by atoms with Gasteiger partial charge in [-0.05, 0) is 37.3 Å². The van der Waals surface area contributed by atoms with E-state index in [0.717, 1.165) is 19.5 Å². The summed E-state index contributed by atoms with van der Waals surface area (Å²) < 4.78 is 37.0. The monoisotopic (exact) mass is 300 g/mol. The number of alkyl halides is 3. The predicted molar refractivity (Wildman–Crippen MR) is 77.9 cm³/mol. The molecule has 118 valence electrons. The zero-order chi connectivity index (χ0) is 15.5. The van der Waals surface area contributed by atoms with E-state index in [2.05, 4.69) is 17.0 Å². The van der Waals surface area contributed by atoms with Gasteiger partial charge >= 0.3 is 6.18 Å². The Bertz CT molecular complexity index is 473. The second kappa shape index (κ2) is 6.36. The summed E-state index contributed by atoms with van der Waals surface area (Å²) in [6.45, 7) is 4.00. The lowest BCUT2D eigenvalue weighted by molar-refractivity contribution is -0.137. The van der Waals surface area contributed by atoms with Crippen molar-refractivity contribution in [3.8, 4) is 0 Å². The largest absolute Gasteiger partial charge is 0.389 e. The standard InChI is InChI=1S/C16H23F3N2/c1-15(12-20,8-4-9-16(17,18)19)21-10-7-13-5-2-3-6-14(13)11-21/h2-3,5-6H,4,7-12,20H2,1H3. The van der Waals surface area contributed by atoms with Gasteiger partial charge in [0.2, 0.25) is 0 Å². The molecule has 1 aliphatic rings. The zero-order valence-electron chi connectivity index (χ0n) is 12.4. The lowest BCUT2D eigenvalue weighted by Gasteiger charge is -2.43. The van der Waals surface area contributed by atoms with Crippen molar-refractivity contribution in [3.05, 3.63) is 35.4 Å². The Labute approximate surface area is 124 Å². The number of fused-ring (bicyclic) bond motifs is 1. The first-order chi connectivity index (χ1) is 9.84. The van der Waals surface area contributed by atoms with Crippen molar-refractivity contribution in [1.29, 1.82) is 0 Å². The maximum absolute atomic E-state index is 12.3. The third kappa shape index (κ3) is 4.20. The molecule has 1 aromatic rings. The molecule has 0 aliphatic carbocycles. The molecule has 1 aliphatic heterocycles. The molecule has 0 fully saturated rings. The summed E-state index contributed by atoms with van der Waals surface area (Å²) in [4.78, 5) is 2.24. The van der Waals surface area contributed by atoms with Gasteiger partial charge in [0.1, 0.15) is 0 Å². The molecule has 0 amide bonds. The van der Waals surface area contributed by atoms with Gasteiger partial charge in [-0.3, -0.25) is 4.90 Å². The van der Waals surface area contributed by atoms with Crippen LogP contribution in [0.2, 0.25) is 0 Å². The second-order valence-electron chi connectivity index (χ2n) is 6.11. The normalized spacial score (nSPS) is 19.1. The lowest BCUT2D eigenvalue weighted by atomic mass is 9.88. The molecule has 2 rings (SSSR count). The van der Waals surface area contributed by atoms with Crippen molar-refractivity contribution in [2.75, 3.05) is 13.1 Å². The lowest BCUT2D eigenvalue weighted by Crippen LogP contribution is -2.53. The molecular formula is C16H23F3N2. The van der Waals surface area contributed by atoms with Gasteiger partial charge in [-0.25, -0.2) is 0 Å². The van der Waals surface area contributed by atoms with Crippen LogP contribution in [-0.2, 0) is 13.0 Å². The smallest absolute Gasteiger partial charge is 0.329 e. The molecule has 0 bridgehead atoms. The highest BCUT2D eigenvalue weighted by molar-refractivity contribution is 5.29. The number of benzene rings is 1. The molecule has 21 heavy (non-hydrogen) atoms. The van der Waals surface area contributed by atoms with E-state index in [9.17, 15) is 13.2 Å². The Balaban J connectivity index is 2.01. The van der Waals surface area contributed by atoms with Gasteiger partial charge in [0, 0.05) is 31.6 Å². The van der Waals surface area contributed by atoms with Crippen LogP contribution < -0.4 is 5.73 Å². The molecule has 5 heteroatoms. The average molecular weight is 300 g/mol. The maximum atomic E-state index is 12.3. The maximum Gasteiger partial charge on any atom is 0.389 e. The quantitative estimate of drug-likeness (QED) is 0.902. The third-order valence-corrected chi connectivity index (χ3v) is 4.51. The van der Waals surface area contributed by atoms with Crippen LogP contribution in [0.4, 0.5) is 13.2 Å². The molecule has 1 atom stereocenters. The van der Waals surface area contributed by atoms with Crippen LogP contribution in [0.25, 0.3) is 0 Å². The summed E-state index contributed by atoms with van der Waals surface area (Å²) in [6.07, 6.45) is -3.26. The van der Waals surface area contributed by atoms with E-state index < -0.39 is 12.6 Å². The third-order valence-electron chi connectivity index (χ3n) is 4.51. The van der Waals surface area contributed by atoms with Gasteiger partial charge < -0.3 is 5.73 Å². The van der Waals surface area contributed by atoms with E-state index in [4.69, 9.17) is 5.73 Å². The van der Waals surface area contributed by atoms with E-state index in [-0.39, 0.29) is 12.0 Å². The number of rotatable bonds is 5. The number of nitrogens with two attached hydrogens (primary N) is 1. The minimum absolute atomic E-state index is 0.134. The fourth-order valence-corrected chi connectivity index (χ4v) is 3.02. The van der Waals surface area contributed by atoms with Crippen molar-refractivity contribution in [2.45, 2.75) is 50.9 Å². The summed E-state index contributed by atoms with van der Waals surface area (Å²) in [7, 11) is 0. The van der Waals surface area contributed by atoms with E-state index in [1.807, 2.05) is 19.1 Å². The van der Waals surface area contributed by atoms with Crippen LogP contribution >= 0.6 is 0 Å². The van der Waals surface area contributed by atoms with E-state index in [0.29, 0.717) is 13.0 Å². The van der Waals surface area contributed by atoms with Crippen LogP contribution in [0.3, 0.4) is 0 Å². The van der Waals surface area contributed by atoms with Crippen molar-refractivity contribution >= 4 is 0 Å². The fraction of sp³-hybridized carbons (Fsp3) is 0.625. The summed E-state index contributed by atoms with van der Waals surface area (Å²) in [5, 5.41) is 0. The van der Waals surface area contributed by atoms with Crippen LogP contribution in [0.5, 0.6) is 0 Å². The summed E-state index contributed by atoms with van der Waals surface area (Å²) in [6, 6.07) is 8.25. The Morgan fingerprint density at radius 1 is 1.14 bits per heavy atom.